The van der Waals surface area contributed by atoms with Crippen molar-refractivity contribution in [2.24, 2.45) is 0 Å². The Morgan fingerprint density at radius 2 is 1.86 bits per heavy atom. The van der Waals surface area contributed by atoms with E-state index in [-0.39, 0.29) is 23.6 Å². The van der Waals surface area contributed by atoms with Crippen LogP contribution in [0.5, 0.6) is 5.75 Å². The standard InChI is InChI=1S/C27H24N4O4/c1-16-6-5-13-30-17(2)22(29-26(16)30)24(32)21-23(19-8-10-20(35-3)11-9-19)31(27(34)25(21)33)15-18-7-4-12-28-14-18/h4-14,23,32H,15H2,1-3H3/b24-21+. The molecule has 0 spiro atoms. The Bertz CT molecular complexity index is 1470. The van der Waals surface area contributed by atoms with Gasteiger partial charge in [0, 0.05) is 25.1 Å². The van der Waals surface area contributed by atoms with Crippen LogP contribution < -0.4 is 4.74 Å². The van der Waals surface area contributed by atoms with Gasteiger partial charge in [-0.25, -0.2) is 4.98 Å². The highest BCUT2D eigenvalue weighted by atomic mass is 16.5. The number of pyridine rings is 2. The lowest BCUT2D eigenvalue weighted by molar-refractivity contribution is -0.140. The molecule has 3 aromatic heterocycles. The van der Waals surface area contributed by atoms with Crippen LogP contribution in [0.3, 0.4) is 0 Å². The third kappa shape index (κ3) is 3.73. The van der Waals surface area contributed by atoms with Gasteiger partial charge in [0.15, 0.2) is 5.76 Å². The molecular weight excluding hydrogens is 444 g/mol. The van der Waals surface area contributed by atoms with Crippen LogP contribution in [0.4, 0.5) is 0 Å². The second-order valence-corrected chi connectivity index (χ2v) is 8.49. The zero-order valence-electron chi connectivity index (χ0n) is 19.6. The number of ether oxygens (including phenoxy) is 1. The molecule has 0 aliphatic carbocycles. The van der Waals surface area contributed by atoms with E-state index in [1.54, 1.807) is 49.8 Å². The van der Waals surface area contributed by atoms with E-state index in [9.17, 15) is 14.7 Å². The predicted octanol–water partition coefficient (Wildman–Crippen LogP) is 3.98. The van der Waals surface area contributed by atoms with Gasteiger partial charge in [0.05, 0.1) is 24.4 Å². The molecule has 0 radical (unpaired) electrons. The number of likely N-dealkylation sites (tertiary alicyclic amines) is 1. The van der Waals surface area contributed by atoms with E-state index in [0.717, 1.165) is 11.1 Å². The number of aryl methyl sites for hydroxylation is 2. The number of aliphatic hydroxyl groups is 1. The average molecular weight is 469 g/mol. The molecule has 1 aliphatic heterocycles. The van der Waals surface area contributed by atoms with Crippen LogP contribution in [0.1, 0.15) is 34.1 Å². The van der Waals surface area contributed by atoms with E-state index < -0.39 is 17.7 Å². The first-order valence-electron chi connectivity index (χ1n) is 11.2. The van der Waals surface area contributed by atoms with E-state index in [4.69, 9.17) is 4.74 Å². The number of ketones is 1. The third-order valence-electron chi connectivity index (χ3n) is 6.36. The maximum Gasteiger partial charge on any atom is 0.295 e. The second-order valence-electron chi connectivity index (χ2n) is 8.49. The van der Waals surface area contributed by atoms with Crippen LogP contribution in [0.2, 0.25) is 0 Å². The summed E-state index contributed by atoms with van der Waals surface area (Å²) in [6.07, 6.45) is 5.15. The van der Waals surface area contributed by atoms with Crippen LogP contribution in [0.15, 0.2) is 72.7 Å². The quantitative estimate of drug-likeness (QED) is 0.270. The Morgan fingerprint density at radius 1 is 1.09 bits per heavy atom. The van der Waals surface area contributed by atoms with Crippen molar-refractivity contribution in [3.63, 3.8) is 0 Å². The number of Topliss-reactive ketones (excluding diaryl/α,β-unsaturated/α-hetero) is 1. The van der Waals surface area contributed by atoms with Crippen molar-refractivity contribution in [3.05, 3.63) is 101 Å². The van der Waals surface area contributed by atoms with Gasteiger partial charge < -0.3 is 19.1 Å². The lowest BCUT2D eigenvalue weighted by atomic mass is 9.96. The molecular formula is C27H24N4O4. The molecule has 1 fully saturated rings. The van der Waals surface area contributed by atoms with Crippen molar-refractivity contribution in [2.75, 3.05) is 7.11 Å². The van der Waals surface area contributed by atoms with Crippen LogP contribution in [-0.4, -0.2) is 43.2 Å². The first-order valence-corrected chi connectivity index (χ1v) is 11.2. The average Bonchev–Trinajstić information content (AvgIpc) is 3.35. The number of rotatable bonds is 5. The molecule has 176 valence electrons. The smallest absolute Gasteiger partial charge is 0.295 e. The van der Waals surface area contributed by atoms with Crippen molar-refractivity contribution >= 4 is 23.1 Å². The molecule has 1 unspecified atom stereocenters. The molecule has 1 N–H and O–H groups in total. The van der Waals surface area contributed by atoms with Gasteiger partial charge in [0.2, 0.25) is 0 Å². The summed E-state index contributed by atoms with van der Waals surface area (Å²) < 4.78 is 7.13. The molecule has 0 saturated carbocycles. The monoisotopic (exact) mass is 468 g/mol. The molecule has 1 saturated heterocycles. The summed E-state index contributed by atoms with van der Waals surface area (Å²) in [5.41, 5.74) is 4.01. The molecule has 1 aliphatic rings. The molecule has 8 heteroatoms. The number of aromatic nitrogens is 3. The van der Waals surface area contributed by atoms with Gasteiger partial charge in [-0.1, -0.05) is 24.3 Å². The Kier molecular flexibility index (Phi) is 5.56. The van der Waals surface area contributed by atoms with Crippen LogP contribution in [-0.2, 0) is 16.1 Å². The highest BCUT2D eigenvalue weighted by Crippen LogP contribution is 2.41. The van der Waals surface area contributed by atoms with E-state index in [2.05, 4.69) is 9.97 Å². The van der Waals surface area contributed by atoms with E-state index in [1.807, 2.05) is 42.6 Å². The Labute approximate surface area is 202 Å². The molecule has 35 heavy (non-hydrogen) atoms. The minimum absolute atomic E-state index is 0.00761. The normalized spacial score (nSPS) is 17.3. The summed E-state index contributed by atoms with van der Waals surface area (Å²) in [7, 11) is 1.57. The van der Waals surface area contributed by atoms with E-state index in [1.165, 1.54) is 4.90 Å². The summed E-state index contributed by atoms with van der Waals surface area (Å²) in [6, 6.07) is 13.7. The first kappa shape index (κ1) is 22.3. The molecule has 0 bridgehead atoms. The summed E-state index contributed by atoms with van der Waals surface area (Å²) in [4.78, 5) is 36.8. The van der Waals surface area contributed by atoms with E-state index in [0.29, 0.717) is 22.7 Å². The zero-order chi connectivity index (χ0) is 24.7. The maximum absolute atomic E-state index is 13.3. The first-order chi connectivity index (χ1) is 16.9. The summed E-state index contributed by atoms with van der Waals surface area (Å²) >= 11 is 0. The van der Waals surface area contributed by atoms with Crippen molar-refractivity contribution < 1.29 is 19.4 Å². The second kappa shape index (κ2) is 8.72. The zero-order valence-corrected chi connectivity index (χ0v) is 19.6. The number of carbonyl (C=O) groups excluding carboxylic acids is 2. The van der Waals surface area contributed by atoms with Gasteiger partial charge in [-0.3, -0.25) is 14.6 Å². The maximum atomic E-state index is 13.3. The van der Waals surface area contributed by atoms with Crippen molar-refractivity contribution in [1.29, 1.82) is 0 Å². The summed E-state index contributed by atoms with van der Waals surface area (Å²) in [5, 5.41) is 11.5. The molecule has 1 aromatic carbocycles. The van der Waals surface area contributed by atoms with Gasteiger partial charge in [0.25, 0.3) is 11.7 Å². The third-order valence-corrected chi connectivity index (χ3v) is 6.36. The van der Waals surface area contributed by atoms with Gasteiger partial charge in [0.1, 0.15) is 17.1 Å². The highest BCUT2D eigenvalue weighted by Gasteiger charge is 2.46. The Morgan fingerprint density at radius 3 is 2.51 bits per heavy atom. The number of carbonyl (C=O) groups is 2. The number of imidazole rings is 1. The number of amides is 1. The number of hydrogen-bond donors (Lipinski definition) is 1. The number of benzene rings is 1. The summed E-state index contributed by atoms with van der Waals surface area (Å²) in [6.45, 7) is 3.91. The fourth-order valence-corrected chi connectivity index (χ4v) is 4.54. The largest absolute Gasteiger partial charge is 0.505 e. The topological polar surface area (TPSA) is 97.0 Å². The molecule has 1 amide bonds. The van der Waals surface area contributed by atoms with Gasteiger partial charge in [-0.15, -0.1) is 0 Å². The van der Waals surface area contributed by atoms with E-state index >= 15 is 0 Å². The van der Waals surface area contributed by atoms with Crippen LogP contribution in [0, 0.1) is 13.8 Å². The fraction of sp³-hybridized carbons (Fsp3) is 0.185. The Balaban J connectivity index is 1.70. The highest BCUT2D eigenvalue weighted by molar-refractivity contribution is 6.46. The Hall–Kier alpha value is -4.46. The SMILES string of the molecule is COc1ccc(C2/C(=C(\O)c3nc4c(C)cccn4c3C)C(=O)C(=O)N2Cc2cccnc2)cc1. The number of nitrogens with zero attached hydrogens (tertiary/aromatic N) is 4. The van der Waals surface area contributed by atoms with Crippen molar-refractivity contribution in [2.45, 2.75) is 26.4 Å². The number of methoxy groups -OCH3 is 1. The molecule has 1 atom stereocenters. The molecule has 8 nitrogen and oxygen atoms in total. The fourth-order valence-electron chi connectivity index (χ4n) is 4.54. The number of fused-ring (bicyclic) bond motifs is 1. The van der Waals surface area contributed by atoms with Gasteiger partial charge in [-0.2, -0.15) is 0 Å². The molecule has 4 heterocycles. The van der Waals surface area contributed by atoms with Crippen molar-refractivity contribution in [3.8, 4) is 5.75 Å². The minimum atomic E-state index is -0.800. The molecule has 4 aromatic rings. The van der Waals surface area contributed by atoms with Crippen LogP contribution in [0.25, 0.3) is 11.4 Å². The van der Waals surface area contributed by atoms with Crippen LogP contribution >= 0.6 is 0 Å². The summed E-state index contributed by atoms with van der Waals surface area (Å²) in [5.74, 6) is -1.09. The number of hydrogen-bond acceptors (Lipinski definition) is 6. The predicted molar refractivity (Wildman–Crippen MR) is 130 cm³/mol. The number of aliphatic hydroxyl groups excluding tert-OH is 1. The van der Waals surface area contributed by atoms with Gasteiger partial charge >= 0.3 is 0 Å². The van der Waals surface area contributed by atoms with Crippen molar-refractivity contribution in [1.82, 2.24) is 19.3 Å². The molecule has 5 rings (SSSR count). The lowest BCUT2D eigenvalue weighted by Gasteiger charge is -2.25. The minimum Gasteiger partial charge on any atom is -0.505 e. The van der Waals surface area contributed by atoms with Gasteiger partial charge in [-0.05, 0) is 54.8 Å². The lowest BCUT2D eigenvalue weighted by Crippen LogP contribution is -2.29.